The summed E-state index contributed by atoms with van der Waals surface area (Å²) in [6.07, 6.45) is -9.31. The lowest BCUT2D eigenvalue weighted by Crippen LogP contribution is -2.61. The van der Waals surface area contributed by atoms with E-state index < -0.39 is 53.8 Å². The molecule has 3 rings (SSSR count). The number of aliphatic hydroxyl groups excluding tert-OH is 3. The molecule has 5 unspecified atom stereocenters. The Morgan fingerprint density at radius 2 is 1.85 bits per heavy atom. The van der Waals surface area contributed by atoms with E-state index in [9.17, 15) is 30.0 Å². The number of aliphatic carboxylic acids is 1. The number of rotatable bonds is 4. The molecule has 1 fully saturated rings. The summed E-state index contributed by atoms with van der Waals surface area (Å²) in [4.78, 5) is 22.6. The van der Waals surface area contributed by atoms with Crippen molar-refractivity contribution in [3.05, 3.63) is 28.6 Å². The molecule has 2 heterocycles. The van der Waals surface area contributed by atoms with E-state index in [4.69, 9.17) is 23.7 Å². The highest BCUT2D eigenvalue weighted by molar-refractivity contribution is 5.87. The smallest absolute Gasteiger partial charge is 0.336 e. The molecule has 27 heavy (non-hydrogen) atoms. The number of carboxylic acid groups (broad SMARTS) is 1. The van der Waals surface area contributed by atoms with Gasteiger partial charge < -0.3 is 44.2 Å². The lowest BCUT2D eigenvalue weighted by Gasteiger charge is -2.38. The monoisotopic (exact) mass is 384 g/mol. The van der Waals surface area contributed by atoms with Gasteiger partial charge in [0.15, 0.2) is 17.4 Å². The first-order valence-electron chi connectivity index (χ1n) is 7.67. The molecule has 1 aliphatic rings. The molecule has 0 spiro atoms. The van der Waals surface area contributed by atoms with Crippen LogP contribution in [0.1, 0.15) is 0 Å². The topological polar surface area (TPSA) is 176 Å². The van der Waals surface area contributed by atoms with Crippen molar-refractivity contribution in [3.8, 4) is 17.2 Å². The first-order chi connectivity index (χ1) is 12.7. The number of phenolic OH excluding ortho intramolecular Hbond substituents is 1. The Kier molecular flexibility index (Phi) is 4.93. The predicted molar refractivity (Wildman–Crippen MR) is 85.6 cm³/mol. The molecule has 11 heteroatoms. The van der Waals surface area contributed by atoms with Crippen molar-refractivity contribution < 1.29 is 49.0 Å². The van der Waals surface area contributed by atoms with Crippen LogP contribution in [0, 0.1) is 0 Å². The second-order valence-corrected chi connectivity index (χ2v) is 5.78. The zero-order valence-corrected chi connectivity index (χ0v) is 13.8. The van der Waals surface area contributed by atoms with Crippen molar-refractivity contribution in [2.24, 2.45) is 0 Å². The van der Waals surface area contributed by atoms with Crippen LogP contribution >= 0.6 is 0 Å². The third-order valence-corrected chi connectivity index (χ3v) is 4.07. The lowest BCUT2D eigenvalue weighted by atomic mass is 9.99. The van der Waals surface area contributed by atoms with Crippen molar-refractivity contribution in [1.82, 2.24) is 0 Å². The van der Waals surface area contributed by atoms with E-state index in [1.54, 1.807) is 0 Å². The highest BCUT2D eigenvalue weighted by Crippen LogP contribution is 2.43. The fourth-order valence-electron chi connectivity index (χ4n) is 2.68. The van der Waals surface area contributed by atoms with Crippen LogP contribution < -0.4 is 15.1 Å². The number of hydrogen-bond donors (Lipinski definition) is 5. The van der Waals surface area contributed by atoms with Gasteiger partial charge in [-0.15, -0.1) is 0 Å². The maximum absolute atomic E-state index is 11.4. The fraction of sp³-hybridized carbons (Fsp3) is 0.375. The van der Waals surface area contributed by atoms with E-state index in [1.165, 1.54) is 19.2 Å². The molecule has 146 valence electrons. The summed E-state index contributed by atoms with van der Waals surface area (Å²) in [5, 5.41) is 49.3. The first-order valence-corrected chi connectivity index (χ1v) is 7.67. The van der Waals surface area contributed by atoms with E-state index in [1.807, 2.05) is 0 Å². The fourth-order valence-corrected chi connectivity index (χ4v) is 2.68. The number of phenols is 1. The SMILES string of the molecule is COc1cc2ccc(=O)oc2c(O)c1OC1OC(C(=O)O)C(O)C(O)C1O. The summed E-state index contributed by atoms with van der Waals surface area (Å²) in [5.74, 6) is -2.72. The van der Waals surface area contributed by atoms with Gasteiger partial charge in [0.25, 0.3) is 0 Å². The quantitative estimate of drug-likeness (QED) is 0.399. The maximum atomic E-state index is 11.4. The zero-order valence-electron chi connectivity index (χ0n) is 13.8. The molecule has 5 N–H and O–H groups in total. The molecular formula is C16H16O11. The van der Waals surface area contributed by atoms with Gasteiger partial charge in [0, 0.05) is 11.5 Å². The largest absolute Gasteiger partial charge is 0.502 e. The molecule has 1 aliphatic heterocycles. The summed E-state index contributed by atoms with van der Waals surface area (Å²) in [6.45, 7) is 0. The van der Waals surface area contributed by atoms with Gasteiger partial charge in [-0.25, -0.2) is 9.59 Å². The normalized spacial score (nSPS) is 28.1. The highest BCUT2D eigenvalue weighted by Gasteiger charge is 2.48. The molecule has 2 aromatic rings. The third-order valence-electron chi connectivity index (χ3n) is 4.07. The van der Waals surface area contributed by atoms with Crippen molar-refractivity contribution in [3.63, 3.8) is 0 Å². The number of methoxy groups -OCH3 is 1. The number of hydrogen-bond acceptors (Lipinski definition) is 10. The van der Waals surface area contributed by atoms with Crippen LogP contribution in [0.5, 0.6) is 17.2 Å². The second kappa shape index (κ2) is 7.04. The number of aliphatic hydroxyl groups is 3. The molecule has 5 atom stereocenters. The minimum absolute atomic E-state index is 0.0443. The Morgan fingerprint density at radius 3 is 2.48 bits per heavy atom. The number of aromatic hydroxyl groups is 1. The van der Waals surface area contributed by atoms with E-state index in [-0.39, 0.29) is 11.3 Å². The molecule has 1 aromatic carbocycles. The van der Waals surface area contributed by atoms with Gasteiger partial charge in [0.05, 0.1) is 7.11 Å². The summed E-state index contributed by atoms with van der Waals surface area (Å²) >= 11 is 0. The van der Waals surface area contributed by atoms with Crippen LogP contribution in [0.25, 0.3) is 11.0 Å². The number of carboxylic acids is 1. The van der Waals surface area contributed by atoms with Gasteiger partial charge >= 0.3 is 11.6 Å². The van der Waals surface area contributed by atoms with Gasteiger partial charge in [-0.05, 0) is 12.1 Å². The molecular weight excluding hydrogens is 368 g/mol. The first kappa shape index (κ1) is 18.9. The van der Waals surface area contributed by atoms with Crippen molar-refractivity contribution >= 4 is 16.9 Å². The van der Waals surface area contributed by atoms with Gasteiger partial charge in [-0.1, -0.05) is 0 Å². The van der Waals surface area contributed by atoms with Crippen LogP contribution in [0.15, 0.2) is 27.4 Å². The summed E-state index contributed by atoms with van der Waals surface area (Å²) in [6, 6.07) is 3.87. The third kappa shape index (κ3) is 3.28. The predicted octanol–water partition coefficient (Wildman–Crippen LogP) is -1.22. The number of ether oxygens (including phenoxy) is 3. The van der Waals surface area contributed by atoms with E-state index in [0.717, 1.165) is 6.07 Å². The van der Waals surface area contributed by atoms with E-state index in [2.05, 4.69) is 0 Å². The second-order valence-electron chi connectivity index (χ2n) is 5.78. The van der Waals surface area contributed by atoms with E-state index >= 15 is 0 Å². The molecule has 1 aromatic heterocycles. The van der Waals surface area contributed by atoms with Crippen LogP contribution in [0.2, 0.25) is 0 Å². The lowest BCUT2D eigenvalue weighted by molar-refractivity contribution is -0.271. The minimum atomic E-state index is -1.90. The average molecular weight is 384 g/mol. The molecule has 0 saturated carbocycles. The number of fused-ring (bicyclic) bond motifs is 1. The van der Waals surface area contributed by atoms with Crippen LogP contribution in [0.4, 0.5) is 0 Å². The van der Waals surface area contributed by atoms with Gasteiger partial charge in [-0.2, -0.15) is 0 Å². The zero-order chi connectivity index (χ0) is 19.9. The molecule has 11 nitrogen and oxygen atoms in total. The average Bonchev–Trinajstić information content (AvgIpc) is 2.63. The maximum Gasteiger partial charge on any atom is 0.336 e. The van der Waals surface area contributed by atoms with Crippen molar-refractivity contribution in [1.29, 1.82) is 0 Å². The molecule has 0 bridgehead atoms. The van der Waals surface area contributed by atoms with Crippen molar-refractivity contribution in [2.75, 3.05) is 7.11 Å². The Morgan fingerprint density at radius 1 is 1.15 bits per heavy atom. The van der Waals surface area contributed by atoms with Crippen molar-refractivity contribution in [2.45, 2.75) is 30.7 Å². The Balaban J connectivity index is 2.03. The Hall–Kier alpha value is -2.86. The molecule has 0 amide bonds. The molecule has 0 radical (unpaired) electrons. The van der Waals surface area contributed by atoms with Gasteiger partial charge in [0.1, 0.15) is 18.3 Å². The van der Waals surface area contributed by atoms with Gasteiger partial charge in [0.2, 0.25) is 17.8 Å². The number of benzene rings is 1. The summed E-state index contributed by atoms with van der Waals surface area (Å²) in [5.41, 5.74) is -0.980. The van der Waals surface area contributed by atoms with Crippen LogP contribution in [-0.2, 0) is 9.53 Å². The Labute approximate surface area is 150 Å². The highest BCUT2D eigenvalue weighted by atomic mass is 16.7. The van der Waals surface area contributed by atoms with E-state index in [0.29, 0.717) is 5.39 Å². The number of carbonyl (C=O) groups is 1. The van der Waals surface area contributed by atoms with Crippen LogP contribution in [0.3, 0.4) is 0 Å². The van der Waals surface area contributed by atoms with Crippen LogP contribution in [-0.4, -0.2) is 69.3 Å². The minimum Gasteiger partial charge on any atom is -0.502 e. The molecule has 0 aliphatic carbocycles. The summed E-state index contributed by atoms with van der Waals surface area (Å²) < 4.78 is 20.3. The summed E-state index contributed by atoms with van der Waals surface area (Å²) in [7, 11) is 1.25. The standard InChI is InChI=1S/C16H16O11/c1-24-6-4-5-2-3-7(17)25-12(5)11(21)13(6)26-16-10(20)8(18)9(19)14(27-16)15(22)23/h2-4,8-10,14,16,18-21H,1H3,(H,22,23). The van der Waals surface area contributed by atoms with Gasteiger partial charge in [-0.3, -0.25) is 0 Å². The Bertz CT molecular complexity index is 920. The molecule has 1 saturated heterocycles.